The van der Waals surface area contributed by atoms with E-state index in [2.05, 4.69) is 4.90 Å². The van der Waals surface area contributed by atoms with E-state index in [0.717, 1.165) is 49.8 Å². The minimum atomic E-state index is -4.33. The van der Waals surface area contributed by atoms with Crippen molar-refractivity contribution < 1.29 is 22.7 Å². The number of carbonyl (C=O) groups is 1. The average Bonchev–Trinajstić information content (AvgIpc) is 2.89. The van der Waals surface area contributed by atoms with Crippen molar-refractivity contribution in [3.8, 4) is 0 Å². The third kappa shape index (κ3) is 8.21. The number of nitrogens with zero attached hydrogens (tertiary/aromatic N) is 1. The molecule has 0 aliphatic heterocycles. The molecule has 0 spiro atoms. The van der Waals surface area contributed by atoms with E-state index < -0.39 is 11.7 Å². The minimum absolute atomic E-state index is 0.141. The van der Waals surface area contributed by atoms with Crippen molar-refractivity contribution in [1.82, 2.24) is 4.90 Å². The standard InChI is InChI=1S/C31H46F3NO2/c1-2-37-30(36)20-25-13-18-29(28(19-25)26-14-16-27(17-15-26)31(32,33)34)35(21-23-9-5-3-6-10-23)22-24-11-7-4-8-12-24/h14-17,23-25,28-29H,2-13,18-22H2,1H3/t25-,28+,29-/m1/s1. The van der Waals surface area contributed by atoms with Crippen LogP contribution in [0, 0.1) is 17.8 Å². The molecule has 0 aromatic heterocycles. The molecule has 0 bridgehead atoms. The summed E-state index contributed by atoms with van der Waals surface area (Å²) in [5.74, 6) is 1.65. The second-order valence-corrected chi connectivity index (χ2v) is 11.9. The van der Waals surface area contributed by atoms with E-state index in [1.54, 1.807) is 12.1 Å². The third-order valence-electron chi connectivity index (χ3n) is 9.25. The van der Waals surface area contributed by atoms with Crippen molar-refractivity contribution in [2.45, 2.75) is 115 Å². The highest BCUT2D eigenvalue weighted by Crippen LogP contribution is 2.43. The maximum Gasteiger partial charge on any atom is 0.416 e. The highest BCUT2D eigenvalue weighted by Gasteiger charge is 2.38. The topological polar surface area (TPSA) is 29.5 Å². The van der Waals surface area contributed by atoms with E-state index in [-0.39, 0.29) is 17.8 Å². The molecule has 1 aromatic carbocycles. The maximum atomic E-state index is 13.3. The van der Waals surface area contributed by atoms with Crippen molar-refractivity contribution in [3.63, 3.8) is 0 Å². The zero-order valence-electron chi connectivity index (χ0n) is 22.6. The lowest BCUT2D eigenvalue weighted by molar-refractivity contribution is -0.144. The third-order valence-corrected chi connectivity index (χ3v) is 9.25. The largest absolute Gasteiger partial charge is 0.466 e. The van der Waals surface area contributed by atoms with E-state index in [0.29, 0.717) is 19.1 Å². The summed E-state index contributed by atoms with van der Waals surface area (Å²) in [5, 5.41) is 0. The number of hydrogen-bond acceptors (Lipinski definition) is 3. The maximum absolute atomic E-state index is 13.3. The fourth-order valence-corrected chi connectivity index (χ4v) is 7.35. The van der Waals surface area contributed by atoms with Gasteiger partial charge in [-0.05, 0) is 93.2 Å². The van der Waals surface area contributed by atoms with Gasteiger partial charge in [0.2, 0.25) is 0 Å². The molecule has 3 aliphatic rings. The van der Waals surface area contributed by atoms with E-state index >= 15 is 0 Å². The van der Waals surface area contributed by atoms with Crippen LogP contribution in [0.1, 0.15) is 114 Å². The summed E-state index contributed by atoms with van der Waals surface area (Å²) in [6.45, 7) is 4.43. The first-order chi connectivity index (χ1) is 17.8. The van der Waals surface area contributed by atoms with Gasteiger partial charge in [-0.2, -0.15) is 13.2 Å². The number of ether oxygens (including phenoxy) is 1. The molecule has 0 heterocycles. The quantitative estimate of drug-likeness (QED) is 0.306. The normalized spacial score (nSPS) is 26.4. The SMILES string of the molecule is CCOC(=O)C[C@@H]1CC[C@@H](N(CC2CCCCC2)CC2CCCCC2)[C@H](c2ccc(C(F)(F)F)cc2)C1. The van der Waals surface area contributed by atoms with Crippen molar-refractivity contribution in [2.75, 3.05) is 19.7 Å². The van der Waals surface area contributed by atoms with Crippen LogP contribution >= 0.6 is 0 Å². The van der Waals surface area contributed by atoms with Gasteiger partial charge in [-0.1, -0.05) is 50.7 Å². The van der Waals surface area contributed by atoms with Gasteiger partial charge >= 0.3 is 12.1 Å². The zero-order chi connectivity index (χ0) is 26.3. The molecule has 3 saturated carbocycles. The van der Waals surface area contributed by atoms with Gasteiger partial charge in [-0.25, -0.2) is 0 Å². The van der Waals surface area contributed by atoms with Crippen LogP contribution in [0.3, 0.4) is 0 Å². The van der Waals surface area contributed by atoms with Crippen LogP contribution in [-0.2, 0) is 15.7 Å². The number of esters is 1. The Balaban J connectivity index is 1.57. The Morgan fingerprint density at radius 3 is 1.92 bits per heavy atom. The van der Waals surface area contributed by atoms with Crippen molar-refractivity contribution >= 4 is 5.97 Å². The molecule has 37 heavy (non-hydrogen) atoms. The Labute approximate surface area is 221 Å². The first kappa shape index (κ1) is 28.4. The first-order valence-electron chi connectivity index (χ1n) is 14.9. The number of alkyl halides is 3. The van der Waals surface area contributed by atoms with Gasteiger partial charge in [0, 0.05) is 25.6 Å². The predicted octanol–water partition coefficient (Wildman–Crippen LogP) is 8.37. The fraction of sp³-hybridized carbons (Fsp3) is 0.774. The Morgan fingerprint density at radius 2 is 1.41 bits per heavy atom. The lowest BCUT2D eigenvalue weighted by atomic mass is 9.72. The second kappa shape index (κ2) is 13.5. The van der Waals surface area contributed by atoms with Gasteiger partial charge in [-0.15, -0.1) is 0 Å². The summed E-state index contributed by atoms with van der Waals surface area (Å²) in [4.78, 5) is 15.1. The molecule has 3 fully saturated rings. The zero-order valence-corrected chi connectivity index (χ0v) is 22.6. The monoisotopic (exact) mass is 521 g/mol. The summed E-state index contributed by atoms with van der Waals surface area (Å²) in [5.41, 5.74) is 0.400. The van der Waals surface area contributed by atoms with Crippen LogP contribution in [0.4, 0.5) is 13.2 Å². The molecule has 0 N–H and O–H groups in total. The minimum Gasteiger partial charge on any atom is -0.466 e. The highest BCUT2D eigenvalue weighted by atomic mass is 19.4. The van der Waals surface area contributed by atoms with Crippen LogP contribution < -0.4 is 0 Å². The molecule has 3 atom stereocenters. The molecule has 0 saturated heterocycles. The smallest absolute Gasteiger partial charge is 0.416 e. The van der Waals surface area contributed by atoms with Crippen LogP contribution in [0.25, 0.3) is 0 Å². The van der Waals surface area contributed by atoms with Crippen LogP contribution in [0.15, 0.2) is 24.3 Å². The summed E-state index contributed by atoms with van der Waals surface area (Å²) in [6, 6.07) is 6.21. The first-order valence-corrected chi connectivity index (χ1v) is 14.9. The van der Waals surface area contributed by atoms with Crippen molar-refractivity contribution in [3.05, 3.63) is 35.4 Å². The number of rotatable bonds is 9. The molecular weight excluding hydrogens is 475 g/mol. The molecule has 1 aromatic rings. The molecule has 3 nitrogen and oxygen atoms in total. The Bertz CT molecular complexity index is 808. The molecule has 0 radical (unpaired) electrons. The van der Waals surface area contributed by atoms with Crippen LogP contribution in [-0.4, -0.2) is 36.6 Å². The number of halogens is 3. The molecule has 0 amide bonds. The number of hydrogen-bond donors (Lipinski definition) is 0. The van der Waals surface area contributed by atoms with Crippen LogP contribution in [0.2, 0.25) is 0 Å². The van der Waals surface area contributed by atoms with E-state index in [9.17, 15) is 18.0 Å². The van der Waals surface area contributed by atoms with E-state index in [1.807, 2.05) is 6.92 Å². The van der Waals surface area contributed by atoms with Gasteiger partial charge < -0.3 is 4.74 Å². The summed E-state index contributed by atoms with van der Waals surface area (Å²) >= 11 is 0. The van der Waals surface area contributed by atoms with Crippen molar-refractivity contribution in [2.24, 2.45) is 17.8 Å². The van der Waals surface area contributed by atoms with Gasteiger partial charge in [0.25, 0.3) is 0 Å². The fourth-order valence-electron chi connectivity index (χ4n) is 7.35. The van der Waals surface area contributed by atoms with Gasteiger partial charge in [0.05, 0.1) is 12.2 Å². The van der Waals surface area contributed by atoms with Crippen LogP contribution in [0.5, 0.6) is 0 Å². The molecule has 208 valence electrons. The van der Waals surface area contributed by atoms with Crippen molar-refractivity contribution in [1.29, 1.82) is 0 Å². The summed E-state index contributed by atoms with van der Waals surface area (Å²) < 4.78 is 45.2. The molecule has 0 unspecified atom stereocenters. The van der Waals surface area contributed by atoms with E-state index in [1.165, 1.54) is 76.3 Å². The predicted molar refractivity (Wildman–Crippen MR) is 141 cm³/mol. The molecular formula is C31H46F3NO2. The number of benzene rings is 1. The summed E-state index contributed by atoms with van der Waals surface area (Å²) in [7, 11) is 0. The molecule has 4 rings (SSSR count). The Morgan fingerprint density at radius 1 is 0.838 bits per heavy atom. The lowest BCUT2D eigenvalue weighted by Gasteiger charge is -2.46. The number of carbonyl (C=O) groups excluding carboxylic acids is 1. The molecule has 3 aliphatic carbocycles. The van der Waals surface area contributed by atoms with Gasteiger partial charge in [-0.3, -0.25) is 9.69 Å². The van der Waals surface area contributed by atoms with Gasteiger partial charge in [0.15, 0.2) is 0 Å². The Hall–Kier alpha value is -1.56. The second-order valence-electron chi connectivity index (χ2n) is 11.9. The average molecular weight is 522 g/mol. The highest BCUT2D eigenvalue weighted by molar-refractivity contribution is 5.69. The van der Waals surface area contributed by atoms with Gasteiger partial charge in [0.1, 0.15) is 0 Å². The lowest BCUT2D eigenvalue weighted by Crippen LogP contribution is -2.47. The van der Waals surface area contributed by atoms with E-state index in [4.69, 9.17) is 4.74 Å². The Kier molecular flexibility index (Phi) is 10.4. The summed E-state index contributed by atoms with van der Waals surface area (Å²) in [6.07, 6.45) is 12.0. The molecule has 6 heteroatoms.